The Bertz CT molecular complexity index is 909. The van der Waals surface area contributed by atoms with E-state index in [2.05, 4.69) is 4.90 Å². The number of nitro groups is 1. The van der Waals surface area contributed by atoms with Gasteiger partial charge < -0.3 is 19.3 Å². The highest BCUT2D eigenvalue weighted by Gasteiger charge is 2.24. The van der Waals surface area contributed by atoms with Crippen molar-refractivity contribution in [1.29, 1.82) is 0 Å². The van der Waals surface area contributed by atoms with Crippen molar-refractivity contribution in [3.8, 4) is 11.5 Å². The Balaban J connectivity index is 1.58. The van der Waals surface area contributed by atoms with Crippen molar-refractivity contribution in [2.45, 2.75) is 0 Å². The summed E-state index contributed by atoms with van der Waals surface area (Å²) in [6.07, 6.45) is 0.517. The summed E-state index contributed by atoms with van der Waals surface area (Å²) in [4.78, 5) is 37.6. The van der Waals surface area contributed by atoms with E-state index in [1.807, 2.05) is 24.3 Å². The van der Waals surface area contributed by atoms with Crippen molar-refractivity contribution in [3.05, 3.63) is 58.1 Å². The number of carbonyl (C=O) groups is 2. The number of amides is 1. The molecule has 9 heteroatoms. The number of aldehydes is 1. The van der Waals surface area contributed by atoms with Crippen LogP contribution >= 0.6 is 0 Å². The molecule has 0 aliphatic carbocycles. The van der Waals surface area contributed by atoms with Crippen molar-refractivity contribution >= 4 is 23.6 Å². The summed E-state index contributed by atoms with van der Waals surface area (Å²) in [6, 6.07) is 11.6. The summed E-state index contributed by atoms with van der Waals surface area (Å²) >= 11 is 0. The van der Waals surface area contributed by atoms with Crippen LogP contribution in [0.15, 0.2) is 42.5 Å². The first-order valence-electron chi connectivity index (χ1n) is 9.05. The third kappa shape index (κ3) is 4.63. The van der Waals surface area contributed by atoms with Crippen molar-refractivity contribution < 1.29 is 24.0 Å². The second-order valence-electron chi connectivity index (χ2n) is 6.43. The van der Waals surface area contributed by atoms with Gasteiger partial charge in [-0.3, -0.25) is 19.7 Å². The number of rotatable bonds is 7. The summed E-state index contributed by atoms with van der Waals surface area (Å²) in [7, 11) is 1.62. The largest absolute Gasteiger partial charge is 0.495 e. The monoisotopic (exact) mass is 399 g/mol. The Morgan fingerprint density at radius 2 is 1.86 bits per heavy atom. The molecule has 3 rings (SSSR count). The normalized spacial score (nSPS) is 13.7. The summed E-state index contributed by atoms with van der Waals surface area (Å²) in [5.41, 5.74) is 0.801. The molecule has 0 spiro atoms. The lowest BCUT2D eigenvalue weighted by Gasteiger charge is -2.36. The number of methoxy groups -OCH3 is 1. The average molecular weight is 399 g/mol. The molecule has 0 aromatic heterocycles. The summed E-state index contributed by atoms with van der Waals surface area (Å²) in [5.74, 6) is 0.488. The number of hydrogen-bond acceptors (Lipinski definition) is 7. The Labute approximate surface area is 167 Å². The van der Waals surface area contributed by atoms with Crippen LogP contribution in [0.3, 0.4) is 0 Å². The van der Waals surface area contributed by atoms with Gasteiger partial charge in [0.1, 0.15) is 12.0 Å². The molecule has 0 bridgehead atoms. The number of anilines is 1. The maximum absolute atomic E-state index is 12.5. The first-order valence-corrected chi connectivity index (χ1v) is 9.05. The van der Waals surface area contributed by atoms with Crippen LogP contribution in [0.4, 0.5) is 11.4 Å². The fourth-order valence-corrected chi connectivity index (χ4v) is 3.19. The Morgan fingerprint density at radius 3 is 2.52 bits per heavy atom. The first kappa shape index (κ1) is 20.1. The lowest BCUT2D eigenvalue weighted by atomic mass is 10.2. The predicted octanol–water partition coefficient (Wildman–Crippen LogP) is 2.14. The van der Waals surface area contributed by atoms with Crippen LogP contribution in [0.25, 0.3) is 0 Å². The van der Waals surface area contributed by atoms with Crippen molar-refractivity contribution in [2.75, 3.05) is 44.8 Å². The molecule has 152 valence electrons. The highest BCUT2D eigenvalue weighted by molar-refractivity contribution is 5.79. The number of ether oxygens (including phenoxy) is 2. The Morgan fingerprint density at radius 1 is 1.14 bits per heavy atom. The predicted molar refractivity (Wildman–Crippen MR) is 106 cm³/mol. The van der Waals surface area contributed by atoms with Crippen LogP contribution in [0.5, 0.6) is 11.5 Å². The van der Waals surface area contributed by atoms with Gasteiger partial charge in [0.15, 0.2) is 12.4 Å². The fraction of sp³-hybridized carbons (Fsp3) is 0.300. The highest BCUT2D eigenvalue weighted by Crippen LogP contribution is 2.29. The molecule has 1 aliphatic rings. The number of para-hydroxylation sites is 2. The number of piperazine rings is 1. The van der Waals surface area contributed by atoms with Gasteiger partial charge in [-0.1, -0.05) is 12.1 Å². The molecule has 0 unspecified atom stereocenters. The van der Waals surface area contributed by atoms with Crippen molar-refractivity contribution in [1.82, 2.24) is 4.90 Å². The number of nitrogens with zero attached hydrogens (tertiary/aromatic N) is 3. The van der Waals surface area contributed by atoms with Gasteiger partial charge >= 0.3 is 5.69 Å². The maximum atomic E-state index is 12.5. The van der Waals surface area contributed by atoms with Crippen LogP contribution in [-0.2, 0) is 4.79 Å². The zero-order chi connectivity index (χ0) is 20.8. The minimum absolute atomic E-state index is 0.0402. The SMILES string of the molecule is COc1ccccc1N1CCN(C(=O)COc2ccc(C=O)cc2[N+](=O)[O-])CC1. The van der Waals surface area contributed by atoms with E-state index >= 15 is 0 Å². The maximum Gasteiger partial charge on any atom is 0.311 e. The Kier molecular flexibility index (Phi) is 6.28. The summed E-state index contributed by atoms with van der Waals surface area (Å²) < 4.78 is 10.8. The van der Waals surface area contributed by atoms with E-state index in [9.17, 15) is 19.7 Å². The zero-order valence-electron chi connectivity index (χ0n) is 15.9. The van der Waals surface area contributed by atoms with Gasteiger partial charge in [0.25, 0.3) is 5.91 Å². The lowest BCUT2D eigenvalue weighted by molar-refractivity contribution is -0.385. The van der Waals surface area contributed by atoms with Crippen LogP contribution in [0, 0.1) is 10.1 Å². The van der Waals surface area contributed by atoms with Gasteiger partial charge in [0, 0.05) is 37.8 Å². The van der Waals surface area contributed by atoms with Crippen LogP contribution in [0.2, 0.25) is 0 Å². The molecule has 1 heterocycles. The summed E-state index contributed by atoms with van der Waals surface area (Å²) in [5, 5.41) is 11.2. The van der Waals surface area contributed by atoms with Gasteiger partial charge in [0.2, 0.25) is 0 Å². The van der Waals surface area contributed by atoms with E-state index in [1.54, 1.807) is 12.0 Å². The molecule has 2 aromatic carbocycles. The second kappa shape index (κ2) is 9.05. The molecule has 0 N–H and O–H groups in total. The molecule has 1 saturated heterocycles. The van der Waals surface area contributed by atoms with E-state index < -0.39 is 4.92 Å². The molecule has 0 atom stereocenters. The molecule has 29 heavy (non-hydrogen) atoms. The van der Waals surface area contributed by atoms with Crippen molar-refractivity contribution in [3.63, 3.8) is 0 Å². The minimum Gasteiger partial charge on any atom is -0.495 e. The van der Waals surface area contributed by atoms with Crippen molar-refractivity contribution in [2.24, 2.45) is 0 Å². The zero-order valence-corrected chi connectivity index (χ0v) is 15.9. The van der Waals surface area contributed by atoms with Gasteiger partial charge in [-0.15, -0.1) is 0 Å². The van der Waals surface area contributed by atoms with Gasteiger partial charge in [-0.05, 0) is 24.3 Å². The number of hydrogen-bond donors (Lipinski definition) is 0. The lowest BCUT2D eigenvalue weighted by Crippen LogP contribution is -2.50. The number of benzene rings is 2. The van der Waals surface area contributed by atoms with Crippen LogP contribution < -0.4 is 14.4 Å². The van der Waals surface area contributed by atoms with E-state index in [-0.39, 0.29) is 29.5 Å². The van der Waals surface area contributed by atoms with E-state index in [0.717, 1.165) is 17.5 Å². The molecule has 1 aliphatic heterocycles. The Hall–Kier alpha value is -3.62. The fourth-order valence-electron chi connectivity index (χ4n) is 3.19. The van der Waals surface area contributed by atoms with Crippen LogP contribution in [0.1, 0.15) is 10.4 Å². The first-order chi connectivity index (χ1) is 14.0. The second-order valence-corrected chi connectivity index (χ2v) is 6.43. The third-order valence-corrected chi connectivity index (χ3v) is 4.73. The standard InChI is InChI=1S/C20H21N3O6/c1-28-18-5-3-2-4-16(18)21-8-10-22(11-9-21)20(25)14-29-19-7-6-15(13-24)12-17(19)23(26)27/h2-7,12-13H,8-11,14H2,1H3. The molecule has 2 aromatic rings. The number of nitro benzene ring substituents is 1. The molecular weight excluding hydrogens is 378 g/mol. The number of carbonyl (C=O) groups excluding carboxylic acids is 2. The third-order valence-electron chi connectivity index (χ3n) is 4.73. The minimum atomic E-state index is -0.640. The van der Waals surface area contributed by atoms with Gasteiger partial charge in [0.05, 0.1) is 17.7 Å². The van der Waals surface area contributed by atoms with Gasteiger partial charge in [-0.2, -0.15) is 0 Å². The highest BCUT2D eigenvalue weighted by atomic mass is 16.6. The molecule has 9 nitrogen and oxygen atoms in total. The molecule has 1 amide bonds. The van der Waals surface area contributed by atoms with E-state index in [1.165, 1.54) is 12.1 Å². The average Bonchev–Trinajstić information content (AvgIpc) is 2.77. The smallest absolute Gasteiger partial charge is 0.311 e. The molecule has 1 fully saturated rings. The van der Waals surface area contributed by atoms with Gasteiger partial charge in [-0.25, -0.2) is 0 Å². The molecule has 0 saturated carbocycles. The van der Waals surface area contributed by atoms with E-state index in [0.29, 0.717) is 32.5 Å². The van der Waals surface area contributed by atoms with E-state index in [4.69, 9.17) is 9.47 Å². The topological polar surface area (TPSA) is 102 Å². The molecular formula is C20H21N3O6. The quantitative estimate of drug-likeness (QED) is 0.399. The van der Waals surface area contributed by atoms with Crippen LogP contribution in [-0.4, -0.2) is 61.9 Å². The molecule has 0 radical (unpaired) electrons. The summed E-state index contributed by atoms with van der Waals surface area (Å²) in [6.45, 7) is 1.98.